The Hall–Kier alpha value is -5.03. The van der Waals surface area contributed by atoms with E-state index < -0.39 is 10.9 Å². The van der Waals surface area contributed by atoms with Crippen molar-refractivity contribution >= 4 is 240 Å². The molecule has 0 spiro atoms. The molecule has 0 saturated carbocycles. The molecule has 65 heavy (non-hydrogen) atoms. The van der Waals surface area contributed by atoms with E-state index in [9.17, 15) is 10.2 Å². The lowest BCUT2D eigenvalue weighted by Gasteiger charge is -2.37. The molecule has 0 fully saturated rings. The Bertz CT molecular complexity index is 3440. The molecule has 0 aliphatic carbocycles. The van der Waals surface area contributed by atoms with Crippen LogP contribution in [0.1, 0.15) is 5.82 Å². The smallest absolute Gasteiger partial charge is 0.152 e. The molecular formula is C45H16B16N2O2. The van der Waals surface area contributed by atoms with E-state index in [-0.39, 0.29) is 76.8 Å². The minimum atomic E-state index is -3.10. The molecule has 1 aromatic heterocycles. The molecule has 9 aromatic rings. The number of hydrogen-bond donors (Lipinski definition) is 2. The van der Waals surface area contributed by atoms with Gasteiger partial charge >= 0.3 is 0 Å². The zero-order valence-corrected chi connectivity index (χ0v) is 34.6. The summed E-state index contributed by atoms with van der Waals surface area (Å²) >= 11 is 0. The van der Waals surface area contributed by atoms with Crippen molar-refractivity contribution in [2.75, 3.05) is 0 Å². The number of nitrogens with zero attached hydrogens (tertiary/aromatic N) is 2. The largest absolute Gasteiger partial charge is 0.376 e. The van der Waals surface area contributed by atoms with Crippen LogP contribution in [-0.4, -0.2) is 151 Å². The molecule has 32 radical (unpaired) electrons. The maximum atomic E-state index is 10.6. The number of rotatable bonds is 6. The van der Waals surface area contributed by atoms with Crippen LogP contribution in [0.4, 0.5) is 0 Å². The van der Waals surface area contributed by atoms with Crippen LogP contribution in [-0.2, 0) is 5.21 Å². The summed E-state index contributed by atoms with van der Waals surface area (Å²) in [5.74, 6) is -0.149. The molecule has 0 atom stereocenters. The van der Waals surface area contributed by atoms with Crippen LogP contribution in [0.15, 0.2) is 84.9 Å². The normalized spacial score (nSPS) is 12.2. The molecule has 1 heterocycles. The minimum absolute atomic E-state index is 0.0206. The predicted octanol–water partition coefficient (Wildman–Crippen LogP) is -6.90. The molecule has 0 amide bonds. The van der Waals surface area contributed by atoms with Crippen LogP contribution in [0.3, 0.4) is 0 Å². The first-order valence-electron chi connectivity index (χ1n) is 19.8. The summed E-state index contributed by atoms with van der Waals surface area (Å²) in [6.07, 6.45) is 0. The number of aromatic nitrogens is 2. The van der Waals surface area contributed by atoms with E-state index in [1.807, 2.05) is 30.3 Å². The van der Waals surface area contributed by atoms with Gasteiger partial charge in [-0.1, -0.05) is 99.5 Å². The van der Waals surface area contributed by atoms with Gasteiger partial charge in [-0.3, -0.25) is 4.57 Å². The molecule has 20 heteroatoms. The Labute approximate surface area is 398 Å². The van der Waals surface area contributed by atoms with Gasteiger partial charge in [0.15, 0.2) is 7.85 Å². The van der Waals surface area contributed by atoms with Crippen molar-refractivity contribution in [1.29, 1.82) is 0 Å². The van der Waals surface area contributed by atoms with E-state index in [0.29, 0.717) is 82.4 Å². The molecule has 8 aromatic carbocycles. The molecular weight excluding hydrogens is 773 g/mol. The second-order valence-electron chi connectivity index (χ2n) is 16.1. The monoisotopic (exact) mass is 792 g/mol. The standard InChI is InChI=1S/C45H16B16N2O2/c46-30-24(31(47)37(53)42(58)36(30)52)16-11-9-15(10-12-16)23-26-28(34(50)40(56)38(54)32(26)48)25(29-27(23)33(49)39(55)41(57)35(29)51)19-13-14-21(18-6-2-1-5-17(18)19)63-22-8-4-3-7-20(22)62-43(63)44(59,60)45(61,64)65/h1-14,64-65H. The highest BCUT2D eigenvalue weighted by Gasteiger charge is 2.41. The van der Waals surface area contributed by atoms with Gasteiger partial charge in [0, 0.05) is 5.39 Å². The van der Waals surface area contributed by atoms with Gasteiger partial charge in [-0.2, -0.15) is 0 Å². The van der Waals surface area contributed by atoms with Gasteiger partial charge in [0.1, 0.15) is 114 Å². The Balaban J connectivity index is 1.43. The van der Waals surface area contributed by atoms with Crippen LogP contribution < -0.4 is 71.0 Å². The lowest BCUT2D eigenvalue weighted by atomic mass is 9.45. The van der Waals surface area contributed by atoms with Crippen molar-refractivity contribution in [2.24, 2.45) is 0 Å². The third-order valence-corrected chi connectivity index (χ3v) is 12.4. The summed E-state index contributed by atoms with van der Waals surface area (Å²) in [5.41, 5.74) is 2.33. The van der Waals surface area contributed by atoms with Gasteiger partial charge < -0.3 is 10.2 Å². The number of para-hydroxylation sites is 2. The molecule has 0 saturated heterocycles. The fraction of sp³-hybridized carbons (Fsp3) is 0.0444. The summed E-state index contributed by atoms with van der Waals surface area (Å²) in [6.45, 7) is 0. The van der Waals surface area contributed by atoms with Gasteiger partial charge in [0.2, 0.25) is 0 Å². The van der Waals surface area contributed by atoms with Crippen LogP contribution in [0, 0.1) is 0 Å². The lowest BCUT2D eigenvalue weighted by molar-refractivity contribution is -0.100. The van der Waals surface area contributed by atoms with Crippen LogP contribution >= 0.6 is 0 Å². The van der Waals surface area contributed by atoms with E-state index in [4.69, 9.17) is 126 Å². The average molecular weight is 790 g/mol. The molecule has 0 aliphatic heterocycles. The molecule has 0 aliphatic rings. The van der Waals surface area contributed by atoms with Gasteiger partial charge in [0.05, 0.1) is 32.4 Å². The zero-order chi connectivity index (χ0) is 46.9. The SMILES string of the molecule is [B]c1c([B])c([B])c(-c2ccc(-c3c4c([B])c([B])c([B])c([B])c4c(-c4ccc(-n5c(C([B])([B])C([B])(O)O)nc6ccccc65)c5ccccc45)c4c([B])c([B])c([B])c([B])c34)cc2)c([B])c1[B]. The second kappa shape index (κ2) is 15.8. The number of aliphatic hydroxyl groups is 2. The Morgan fingerprint density at radius 1 is 0.400 bits per heavy atom. The van der Waals surface area contributed by atoms with Crippen LogP contribution in [0.5, 0.6) is 0 Å². The molecule has 0 bridgehead atoms. The Morgan fingerprint density at radius 3 is 1.29 bits per heavy atom. The Morgan fingerprint density at radius 2 is 0.800 bits per heavy atom. The van der Waals surface area contributed by atoms with Crippen LogP contribution in [0.2, 0.25) is 0 Å². The molecule has 9 rings (SSSR count). The Kier molecular flexibility index (Phi) is 11.0. The number of fused-ring (bicyclic) bond motifs is 4. The number of benzene rings is 8. The number of imidazole rings is 1. The average Bonchev–Trinajstić information content (AvgIpc) is 3.69. The molecule has 266 valence electrons. The lowest BCUT2D eigenvalue weighted by Crippen LogP contribution is -2.55. The first-order chi connectivity index (χ1) is 30.6. The van der Waals surface area contributed by atoms with Gasteiger partial charge in [-0.05, 0) is 83.7 Å². The maximum Gasteiger partial charge on any atom is 0.152 e. The van der Waals surface area contributed by atoms with Gasteiger partial charge in [0.25, 0.3) is 0 Å². The molecule has 0 unspecified atom stereocenters. The van der Waals surface area contributed by atoms with Crippen molar-refractivity contribution < 1.29 is 10.2 Å². The third-order valence-electron chi connectivity index (χ3n) is 12.4. The summed E-state index contributed by atoms with van der Waals surface area (Å²) in [7, 11) is 105. The van der Waals surface area contributed by atoms with Crippen LogP contribution in [0.25, 0.3) is 82.4 Å². The van der Waals surface area contributed by atoms with Gasteiger partial charge in [-0.15, -0.1) is 38.2 Å². The van der Waals surface area contributed by atoms with Crippen molar-refractivity contribution in [2.45, 2.75) is 10.9 Å². The fourth-order valence-electron chi connectivity index (χ4n) is 8.88. The molecule has 2 N–H and O–H groups in total. The quantitative estimate of drug-likeness (QED) is 0.100. The topological polar surface area (TPSA) is 58.3 Å². The van der Waals surface area contributed by atoms with Crippen molar-refractivity contribution in [1.82, 2.24) is 9.55 Å². The van der Waals surface area contributed by atoms with E-state index in [0.717, 1.165) is 0 Å². The van der Waals surface area contributed by atoms with Crippen molar-refractivity contribution in [3.05, 3.63) is 90.8 Å². The first kappa shape index (κ1) is 45.1. The summed E-state index contributed by atoms with van der Waals surface area (Å²) in [5, 5.41) is 21.5. The van der Waals surface area contributed by atoms with E-state index in [1.54, 1.807) is 59.2 Å². The minimum Gasteiger partial charge on any atom is -0.376 e. The van der Waals surface area contributed by atoms with Crippen molar-refractivity contribution in [3.8, 4) is 39.1 Å². The summed E-state index contributed by atoms with van der Waals surface area (Å²) in [6, 6.07) is 25.1. The second-order valence-corrected chi connectivity index (χ2v) is 16.1. The highest BCUT2D eigenvalue weighted by molar-refractivity contribution is 6.72. The fourth-order valence-corrected chi connectivity index (χ4v) is 8.88. The number of hydrogen-bond acceptors (Lipinski definition) is 3. The third kappa shape index (κ3) is 6.55. The van der Waals surface area contributed by atoms with E-state index in [2.05, 4.69) is 4.98 Å². The van der Waals surface area contributed by atoms with E-state index >= 15 is 0 Å². The first-order valence-corrected chi connectivity index (χ1v) is 19.8. The zero-order valence-electron chi connectivity index (χ0n) is 34.6. The molecule has 4 nitrogen and oxygen atoms in total. The highest BCUT2D eigenvalue weighted by atomic mass is 16.5. The maximum absolute atomic E-state index is 10.6. The summed E-state index contributed by atoms with van der Waals surface area (Å²) in [4.78, 5) is 4.63. The highest BCUT2D eigenvalue weighted by Crippen LogP contribution is 2.44. The van der Waals surface area contributed by atoms with Gasteiger partial charge in [-0.25, -0.2) is 4.98 Å². The predicted molar refractivity (Wildman–Crippen MR) is 286 cm³/mol. The summed E-state index contributed by atoms with van der Waals surface area (Å²) < 4.78 is 1.61. The van der Waals surface area contributed by atoms with E-state index in [1.165, 1.54) is 0 Å². The van der Waals surface area contributed by atoms with Crippen molar-refractivity contribution in [3.63, 3.8) is 0 Å².